The van der Waals surface area contributed by atoms with Crippen LogP contribution < -0.4 is 10.5 Å². The second kappa shape index (κ2) is 8.15. The van der Waals surface area contributed by atoms with Crippen LogP contribution in [0.3, 0.4) is 0 Å². The van der Waals surface area contributed by atoms with Crippen molar-refractivity contribution < 1.29 is 13.2 Å². The largest absolute Gasteiger partial charge is 0.491 e. The van der Waals surface area contributed by atoms with E-state index in [2.05, 4.69) is 15.9 Å². The van der Waals surface area contributed by atoms with E-state index in [-0.39, 0.29) is 23.7 Å². The molecule has 1 rings (SSSR count). The van der Waals surface area contributed by atoms with Crippen molar-refractivity contribution in [3.8, 4) is 5.75 Å². The summed E-state index contributed by atoms with van der Waals surface area (Å²) in [5.41, 5.74) is 7.00. The molecule has 120 valence electrons. The Morgan fingerprint density at radius 2 is 2.00 bits per heavy atom. The number of hydrogen-bond donors (Lipinski definition) is 1. The van der Waals surface area contributed by atoms with E-state index in [1.807, 2.05) is 25.1 Å². The molecule has 0 spiro atoms. The Morgan fingerprint density at radius 1 is 1.33 bits per heavy atom. The fraction of sp³-hybridized carbons (Fsp3) is 0.600. The highest BCUT2D eigenvalue weighted by atomic mass is 79.9. The maximum Gasteiger partial charge on any atom is 0.155 e. The molecule has 0 radical (unpaired) electrons. The van der Waals surface area contributed by atoms with Crippen LogP contribution in [0.1, 0.15) is 32.8 Å². The van der Waals surface area contributed by atoms with E-state index in [1.165, 1.54) is 0 Å². The van der Waals surface area contributed by atoms with Gasteiger partial charge in [-0.1, -0.05) is 19.1 Å². The Bertz CT molecular complexity index is 558. The SMILES string of the molecule is CCC(N)Cc1cccc(Br)c1OCCS(=O)(=O)C(C)C. The second-order valence-corrected chi connectivity index (χ2v) is 8.90. The number of para-hydroxylation sites is 1. The number of rotatable bonds is 8. The molecule has 0 aliphatic carbocycles. The Balaban J connectivity index is 2.78. The third kappa shape index (κ3) is 5.60. The summed E-state index contributed by atoms with van der Waals surface area (Å²) >= 11 is 3.45. The third-order valence-corrected chi connectivity index (χ3v) is 6.18. The van der Waals surface area contributed by atoms with Gasteiger partial charge < -0.3 is 10.5 Å². The fourth-order valence-corrected chi connectivity index (χ4v) is 3.11. The highest BCUT2D eigenvalue weighted by Gasteiger charge is 2.17. The van der Waals surface area contributed by atoms with Crippen molar-refractivity contribution in [2.24, 2.45) is 5.73 Å². The quantitative estimate of drug-likeness (QED) is 0.755. The predicted molar refractivity (Wildman–Crippen MR) is 90.5 cm³/mol. The molecule has 1 unspecified atom stereocenters. The van der Waals surface area contributed by atoms with Crippen LogP contribution in [-0.4, -0.2) is 32.1 Å². The molecule has 0 aliphatic heterocycles. The van der Waals surface area contributed by atoms with Crippen molar-refractivity contribution in [1.29, 1.82) is 0 Å². The first-order valence-electron chi connectivity index (χ1n) is 7.15. The van der Waals surface area contributed by atoms with E-state index in [4.69, 9.17) is 10.5 Å². The minimum atomic E-state index is -3.09. The van der Waals surface area contributed by atoms with Gasteiger partial charge in [0.2, 0.25) is 0 Å². The Hall–Kier alpha value is -0.590. The molecule has 4 nitrogen and oxygen atoms in total. The molecule has 1 atom stereocenters. The summed E-state index contributed by atoms with van der Waals surface area (Å²) < 4.78 is 30.1. The molecular formula is C15H24BrNO3S. The zero-order valence-corrected chi connectivity index (χ0v) is 15.2. The number of benzene rings is 1. The van der Waals surface area contributed by atoms with E-state index in [0.717, 1.165) is 16.5 Å². The summed E-state index contributed by atoms with van der Waals surface area (Å²) in [5.74, 6) is 0.714. The molecule has 0 fully saturated rings. The van der Waals surface area contributed by atoms with Crippen LogP contribution >= 0.6 is 15.9 Å². The van der Waals surface area contributed by atoms with Crippen molar-refractivity contribution in [2.75, 3.05) is 12.4 Å². The summed E-state index contributed by atoms with van der Waals surface area (Å²) in [6.07, 6.45) is 1.59. The van der Waals surface area contributed by atoms with E-state index in [0.29, 0.717) is 12.2 Å². The Labute approximate surface area is 136 Å². The van der Waals surface area contributed by atoms with Crippen molar-refractivity contribution in [3.63, 3.8) is 0 Å². The van der Waals surface area contributed by atoms with Crippen LogP contribution in [0.2, 0.25) is 0 Å². The van der Waals surface area contributed by atoms with Gasteiger partial charge in [-0.25, -0.2) is 8.42 Å². The highest BCUT2D eigenvalue weighted by molar-refractivity contribution is 9.10. The molecule has 0 bridgehead atoms. The van der Waals surface area contributed by atoms with Crippen LogP contribution in [0, 0.1) is 0 Å². The minimum Gasteiger partial charge on any atom is -0.491 e. The second-order valence-electron chi connectivity index (χ2n) is 5.36. The fourth-order valence-electron chi connectivity index (χ4n) is 1.80. The standard InChI is InChI=1S/C15H24BrNO3S/c1-4-13(17)10-12-6-5-7-14(16)15(12)20-8-9-21(18,19)11(2)3/h5-7,11,13H,4,8-10,17H2,1-3H3. The van der Waals surface area contributed by atoms with Gasteiger partial charge in [0, 0.05) is 6.04 Å². The van der Waals surface area contributed by atoms with E-state index in [1.54, 1.807) is 13.8 Å². The van der Waals surface area contributed by atoms with E-state index >= 15 is 0 Å². The van der Waals surface area contributed by atoms with Gasteiger partial charge in [0.1, 0.15) is 12.4 Å². The molecule has 0 saturated carbocycles. The first kappa shape index (κ1) is 18.5. The Kier molecular flexibility index (Phi) is 7.16. The van der Waals surface area contributed by atoms with Crippen LogP contribution in [0.4, 0.5) is 0 Å². The normalized spacial score (nSPS) is 13.4. The lowest BCUT2D eigenvalue weighted by Gasteiger charge is -2.16. The molecule has 6 heteroatoms. The van der Waals surface area contributed by atoms with Gasteiger partial charge in [0.25, 0.3) is 0 Å². The van der Waals surface area contributed by atoms with Gasteiger partial charge in [-0.2, -0.15) is 0 Å². The maximum atomic E-state index is 11.8. The molecule has 0 heterocycles. The monoisotopic (exact) mass is 377 g/mol. The van der Waals surface area contributed by atoms with Gasteiger partial charge in [-0.3, -0.25) is 0 Å². The number of halogens is 1. The predicted octanol–water partition coefficient (Wildman–Crippen LogP) is 2.93. The summed E-state index contributed by atoms with van der Waals surface area (Å²) in [4.78, 5) is 0. The average Bonchev–Trinajstić information content (AvgIpc) is 2.41. The topological polar surface area (TPSA) is 69.4 Å². The molecule has 0 amide bonds. The zero-order chi connectivity index (χ0) is 16.0. The van der Waals surface area contributed by atoms with Crippen LogP contribution in [0.25, 0.3) is 0 Å². The van der Waals surface area contributed by atoms with Gasteiger partial charge in [0.05, 0.1) is 15.5 Å². The molecule has 1 aromatic rings. The summed E-state index contributed by atoms with van der Waals surface area (Å²) in [7, 11) is -3.09. The van der Waals surface area contributed by atoms with Crippen LogP contribution in [0.15, 0.2) is 22.7 Å². The summed E-state index contributed by atoms with van der Waals surface area (Å²) in [6.45, 7) is 5.55. The maximum absolute atomic E-state index is 11.8. The molecule has 0 aromatic heterocycles. The number of ether oxygens (including phenoxy) is 1. The Morgan fingerprint density at radius 3 is 2.57 bits per heavy atom. The van der Waals surface area contributed by atoms with E-state index in [9.17, 15) is 8.42 Å². The lowest BCUT2D eigenvalue weighted by molar-refractivity contribution is 0.333. The molecule has 1 aromatic carbocycles. The van der Waals surface area contributed by atoms with Crippen molar-refractivity contribution >= 4 is 25.8 Å². The number of hydrogen-bond acceptors (Lipinski definition) is 4. The van der Waals surface area contributed by atoms with Gasteiger partial charge in [-0.15, -0.1) is 0 Å². The molecule has 21 heavy (non-hydrogen) atoms. The average molecular weight is 378 g/mol. The molecule has 0 aliphatic rings. The van der Waals surface area contributed by atoms with Gasteiger partial charge in [-0.05, 0) is 54.2 Å². The van der Waals surface area contributed by atoms with Crippen LogP contribution in [-0.2, 0) is 16.3 Å². The zero-order valence-electron chi connectivity index (χ0n) is 12.8. The summed E-state index contributed by atoms with van der Waals surface area (Å²) in [5, 5.41) is -0.381. The lowest BCUT2D eigenvalue weighted by Crippen LogP contribution is -2.23. The first-order valence-corrected chi connectivity index (χ1v) is 9.66. The van der Waals surface area contributed by atoms with Crippen LogP contribution in [0.5, 0.6) is 5.75 Å². The smallest absolute Gasteiger partial charge is 0.155 e. The van der Waals surface area contributed by atoms with Crippen molar-refractivity contribution in [1.82, 2.24) is 0 Å². The summed E-state index contributed by atoms with van der Waals surface area (Å²) in [6, 6.07) is 5.85. The molecular weight excluding hydrogens is 354 g/mol. The third-order valence-electron chi connectivity index (χ3n) is 3.39. The minimum absolute atomic E-state index is 0.0191. The molecule has 2 N–H and O–H groups in total. The number of sulfone groups is 1. The van der Waals surface area contributed by atoms with Crippen molar-refractivity contribution in [3.05, 3.63) is 28.2 Å². The van der Waals surface area contributed by atoms with Gasteiger partial charge in [0.15, 0.2) is 9.84 Å². The highest BCUT2D eigenvalue weighted by Crippen LogP contribution is 2.30. The number of nitrogens with two attached hydrogens (primary N) is 1. The van der Waals surface area contributed by atoms with Crippen molar-refractivity contribution in [2.45, 2.75) is 44.9 Å². The first-order chi connectivity index (χ1) is 9.77. The lowest BCUT2D eigenvalue weighted by atomic mass is 10.0. The van der Waals surface area contributed by atoms with Gasteiger partial charge >= 0.3 is 0 Å². The van der Waals surface area contributed by atoms with E-state index < -0.39 is 9.84 Å². The molecule has 0 saturated heterocycles.